The molecule has 1 aliphatic carbocycles. The zero-order valence-corrected chi connectivity index (χ0v) is 8.25. The molecule has 1 saturated carbocycles. The molecule has 1 heterocycles. The summed E-state index contributed by atoms with van der Waals surface area (Å²) < 4.78 is 0. The molecule has 2 unspecified atom stereocenters. The second-order valence-electron chi connectivity index (χ2n) is 4.32. The van der Waals surface area contributed by atoms with Crippen LogP contribution in [0.15, 0.2) is 0 Å². The van der Waals surface area contributed by atoms with Gasteiger partial charge in [0.25, 0.3) is 0 Å². The lowest BCUT2D eigenvalue weighted by atomic mass is 10.0. The highest BCUT2D eigenvalue weighted by molar-refractivity contribution is 5.77. The van der Waals surface area contributed by atoms with Crippen LogP contribution in [-0.4, -0.2) is 37.5 Å². The second kappa shape index (κ2) is 3.66. The SMILES string of the molecule is CNC(=O)CN1CC2CCCC2C1. The van der Waals surface area contributed by atoms with E-state index < -0.39 is 0 Å². The summed E-state index contributed by atoms with van der Waals surface area (Å²) in [5.41, 5.74) is 0. The van der Waals surface area contributed by atoms with E-state index in [9.17, 15) is 4.79 Å². The predicted octanol–water partition coefficient (Wildman–Crippen LogP) is 0.464. The fraction of sp³-hybridized carbons (Fsp3) is 0.900. The maximum Gasteiger partial charge on any atom is 0.233 e. The average Bonchev–Trinajstić information content (AvgIpc) is 2.63. The van der Waals surface area contributed by atoms with Gasteiger partial charge in [-0.05, 0) is 24.7 Å². The van der Waals surface area contributed by atoms with Gasteiger partial charge in [0.05, 0.1) is 6.54 Å². The highest BCUT2D eigenvalue weighted by atomic mass is 16.1. The summed E-state index contributed by atoms with van der Waals surface area (Å²) in [5.74, 6) is 1.94. The molecule has 3 heteroatoms. The van der Waals surface area contributed by atoms with Crippen molar-refractivity contribution in [1.29, 1.82) is 0 Å². The van der Waals surface area contributed by atoms with Crippen LogP contribution in [0.25, 0.3) is 0 Å². The van der Waals surface area contributed by atoms with Gasteiger partial charge < -0.3 is 5.32 Å². The molecule has 1 aliphatic heterocycles. The van der Waals surface area contributed by atoms with Crippen molar-refractivity contribution in [2.45, 2.75) is 19.3 Å². The van der Waals surface area contributed by atoms with E-state index >= 15 is 0 Å². The number of likely N-dealkylation sites (N-methyl/N-ethyl adjacent to an activating group) is 1. The molecule has 74 valence electrons. The molecular weight excluding hydrogens is 164 g/mol. The Morgan fingerprint density at radius 1 is 1.38 bits per heavy atom. The Labute approximate surface area is 79.5 Å². The summed E-state index contributed by atoms with van der Waals surface area (Å²) in [4.78, 5) is 13.4. The molecular formula is C10H18N2O. The Morgan fingerprint density at radius 2 is 2.00 bits per heavy atom. The van der Waals surface area contributed by atoms with E-state index in [2.05, 4.69) is 10.2 Å². The lowest BCUT2D eigenvalue weighted by Gasteiger charge is -2.14. The number of nitrogens with zero attached hydrogens (tertiary/aromatic N) is 1. The van der Waals surface area contributed by atoms with Crippen molar-refractivity contribution in [2.75, 3.05) is 26.7 Å². The lowest BCUT2D eigenvalue weighted by Crippen LogP contribution is -2.34. The molecule has 3 nitrogen and oxygen atoms in total. The van der Waals surface area contributed by atoms with Crippen LogP contribution in [0.3, 0.4) is 0 Å². The zero-order valence-electron chi connectivity index (χ0n) is 8.25. The monoisotopic (exact) mass is 182 g/mol. The molecule has 0 bridgehead atoms. The van der Waals surface area contributed by atoms with Crippen molar-refractivity contribution in [1.82, 2.24) is 10.2 Å². The number of rotatable bonds is 2. The molecule has 2 fully saturated rings. The van der Waals surface area contributed by atoms with E-state index in [-0.39, 0.29) is 5.91 Å². The number of hydrogen-bond donors (Lipinski definition) is 1. The number of carbonyl (C=O) groups excluding carboxylic acids is 1. The van der Waals surface area contributed by atoms with Gasteiger partial charge in [0.15, 0.2) is 0 Å². The molecule has 0 aromatic rings. The first-order valence-electron chi connectivity index (χ1n) is 5.22. The smallest absolute Gasteiger partial charge is 0.233 e. The molecule has 0 spiro atoms. The molecule has 13 heavy (non-hydrogen) atoms. The number of hydrogen-bond acceptors (Lipinski definition) is 2. The van der Waals surface area contributed by atoms with Crippen molar-refractivity contribution >= 4 is 5.91 Å². The van der Waals surface area contributed by atoms with Crippen molar-refractivity contribution in [3.8, 4) is 0 Å². The normalized spacial score (nSPS) is 33.3. The van der Waals surface area contributed by atoms with Crippen LogP contribution < -0.4 is 5.32 Å². The minimum atomic E-state index is 0.153. The van der Waals surface area contributed by atoms with E-state index in [1.165, 1.54) is 19.3 Å². The topological polar surface area (TPSA) is 32.3 Å². The summed E-state index contributed by atoms with van der Waals surface area (Å²) in [5, 5.41) is 2.68. The first-order valence-corrected chi connectivity index (χ1v) is 5.22. The van der Waals surface area contributed by atoms with E-state index in [1.54, 1.807) is 7.05 Å². The third-order valence-corrected chi connectivity index (χ3v) is 3.45. The summed E-state index contributed by atoms with van der Waals surface area (Å²) in [6.45, 7) is 2.90. The van der Waals surface area contributed by atoms with Crippen molar-refractivity contribution < 1.29 is 4.79 Å². The van der Waals surface area contributed by atoms with Crippen LogP contribution in [-0.2, 0) is 4.79 Å². The largest absolute Gasteiger partial charge is 0.358 e. The highest BCUT2D eigenvalue weighted by Crippen LogP contribution is 2.37. The first kappa shape index (κ1) is 9.00. The third kappa shape index (κ3) is 1.85. The first-order chi connectivity index (χ1) is 6.29. The molecule has 2 aliphatic rings. The number of carbonyl (C=O) groups is 1. The molecule has 1 saturated heterocycles. The van der Waals surface area contributed by atoms with E-state index in [0.717, 1.165) is 24.9 Å². The summed E-state index contributed by atoms with van der Waals surface area (Å²) >= 11 is 0. The van der Waals surface area contributed by atoms with Crippen molar-refractivity contribution in [2.24, 2.45) is 11.8 Å². The highest BCUT2D eigenvalue weighted by Gasteiger charge is 2.36. The maximum atomic E-state index is 11.1. The van der Waals surface area contributed by atoms with Crippen LogP contribution in [0.5, 0.6) is 0 Å². The quantitative estimate of drug-likeness (QED) is 0.673. The molecule has 0 aromatic heterocycles. The number of likely N-dealkylation sites (tertiary alicyclic amines) is 1. The fourth-order valence-corrected chi connectivity index (χ4v) is 2.74. The van der Waals surface area contributed by atoms with Gasteiger partial charge in [0.1, 0.15) is 0 Å². The Morgan fingerprint density at radius 3 is 2.54 bits per heavy atom. The Hall–Kier alpha value is -0.570. The van der Waals surface area contributed by atoms with Crippen LogP contribution in [0, 0.1) is 11.8 Å². The molecule has 0 aromatic carbocycles. The molecule has 1 N–H and O–H groups in total. The summed E-state index contributed by atoms with van der Waals surface area (Å²) in [7, 11) is 1.71. The van der Waals surface area contributed by atoms with Crippen molar-refractivity contribution in [3.63, 3.8) is 0 Å². The van der Waals surface area contributed by atoms with Crippen LogP contribution in [0.2, 0.25) is 0 Å². The van der Waals surface area contributed by atoms with Crippen molar-refractivity contribution in [3.05, 3.63) is 0 Å². The van der Waals surface area contributed by atoms with Crippen LogP contribution in [0.4, 0.5) is 0 Å². The second-order valence-corrected chi connectivity index (χ2v) is 4.32. The Bertz CT molecular complexity index is 193. The number of nitrogens with one attached hydrogen (secondary N) is 1. The molecule has 0 radical (unpaired) electrons. The Kier molecular flexibility index (Phi) is 2.54. The molecule has 1 amide bonds. The zero-order chi connectivity index (χ0) is 9.26. The fourth-order valence-electron chi connectivity index (χ4n) is 2.74. The Balaban J connectivity index is 1.82. The van der Waals surface area contributed by atoms with Gasteiger partial charge in [-0.3, -0.25) is 9.69 Å². The predicted molar refractivity (Wildman–Crippen MR) is 51.3 cm³/mol. The van der Waals surface area contributed by atoms with Gasteiger partial charge in [0.2, 0.25) is 5.91 Å². The van der Waals surface area contributed by atoms with Gasteiger partial charge >= 0.3 is 0 Å². The van der Waals surface area contributed by atoms with Gasteiger partial charge in [-0.15, -0.1) is 0 Å². The van der Waals surface area contributed by atoms with Gasteiger partial charge in [0, 0.05) is 20.1 Å². The molecule has 2 rings (SSSR count). The molecule has 2 atom stereocenters. The number of fused-ring (bicyclic) bond motifs is 1. The summed E-state index contributed by atoms with van der Waals surface area (Å²) in [6, 6.07) is 0. The van der Waals surface area contributed by atoms with Gasteiger partial charge in [-0.1, -0.05) is 6.42 Å². The maximum absolute atomic E-state index is 11.1. The van der Waals surface area contributed by atoms with Gasteiger partial charge in [-0.2, -0.15) is 0 Å². The van der Waals surface area contributed by atoms with E-state index in [4.69, 9.17) is 0 Å². The van der Waals surface area contributed by atoms with Crippen LogP contribution >= 0.6 is 0 Å². The van der Waals surface area contributed by atoms with E-state index in [0.29, 0.717) is 6.54 Å². The minimum Gasteiger partial charge on any atom is -0.358 e. The minimum absolute atomic E-state index is 0.153. The third-order valence-electron chi connectivity index (χ3n) is 3.45. The standard InChI is InChI=1S/C10H18N2O/c1-11-10(13)7-12-5-8-3-2-4-9(8)6-12/h8-9H,2-7H2,1H3,(H,11,13). The lowest BCUT2D eigenvalue weighted by molar-refractivity contribution is -0.121. The summed E-state index contributed by atoms with van der Waals surface area (Å²) in [6.07, 6.45) is 4.17. The average molecular weight is 182 g/mol. The number of amides is 1. The van der Waals surface area contributed by atoms with Crippen LogP contribution in [0.1, 0.15) is 19.3 Å². The van der Waals surface area contributed by atoms with E-state index in [1.807, 2.05) is 0 Å². The van der Waals surface area contributed by atoms with Gasteiger partial charge in [-0.25, -0.2) is 0 Å².